The van der Waals surface area contributed by atoms with Crippen molar-refractivity contribution in [3.8, 4) is 44.5 Å². The highest BCUT2D eigenvalue weighted by molar-refractivity contribution is 6.18. The lowest BCUT2D eigenvalue weighted by Gasteiger charge is -2.30. The molecule has 0 N–H and O–H groups in total. The molecule has 0 atom stereocenters. The molecule has 0 radical (unpaired) electrons. The van der Waals surface area contributed by atoms with Gasteiger partial charge in [-0.2, -0.15) is 0 Å². The number of hydrogen-bond acceptors (Lipinski definition) is 2. The Morgan fingerprint density at radius 1 is 0.258 bits per heavy atom. The molecule has 290 valence electrons. The molecule has 0 aliphatic heterocycles. The Bertz CT molecular complexity index is 3620. The average molecular weight is 790 g/mol. The van der Waals surface area contributed by atoms with Crippen molar-refractivity contribution in [2.45, 2.75) is 0 Å². The molecular weight excluding hydrogens is 751 g/mol. The predicted molar refractivity (Wildman–Crippen MR) is 263 cm³/mol. The summed E-state index contributed by atoms with van der Waals surface area (Å²) in [4.78, 5) is 2.43. The number of para-hydroxylation sites is 2. The number of benzene rings is 11. The average Bonchev–Trinajstić information content (AvgIpc) is 3.75. The first-order valence-electron chi connectivity index (χ1n) is 21.3. The molecule has 0 fully saturated rings. The number of hydrogen-bond donors (Lipinski definition) is 0. The predicted octanol–water partition coefficient (Wildman–Crippen LogP) is 17.2. The van der Waals surface area contributed by atoms with Gasteiger partial charge in [-0.05, 0) is 91.1 Å². The lowest BCUT2D eigenvalue weighted by Crippen LogP contribution is -2.12. The molecule has 1 aromatic heterocycles. The van der Waals surface area contributed by atoms with Crippen LogP contribution in [0.1, 0.15) is 0 Å². The van der Waals surface area contributed by atoms with Crippen LogP contribution in [0.15, 0.2) is 241 Å². The Kier molecular flexibility index (Phi) is 8.53. The van der Waals surface area contributed by atoms with E-state index < -0.39 is 0 Å². The third-order valence-electron chi connectivity index (χ3n) is 12.5. The van der Waals surface area contributed by atoms with E-state index in [1.807, 2.05) is 0 Å². The first kappa shape index (κ1) is 35.7. The lowest BCUT2D eigenvalue weighted by molar-refractivity contribution is 0.674. The standard InChI is InChI=1S/C60H39NO/c1-3-15-40(16-4-1)45-33-38-58(56(39-45)41-17-5-2-6-18-41)61(46-34-29-44(30-35-46)48-24-13-25-50-47-21-9-7-19-42(47)31-36-51(48)50)57-28-12-11-23-52(57)53-26-14-27-54-55-37-32-43-20-8-10-22-49(43)59(55)62-60(53)54/h1-39H. The smallest absolute Gasteiger partial charge is 0.143 e. The fraction of sp³-hybridized carbons (Fsp3) is 0. The Hall–Kier alpha value is -8.20. The summed E-state index contributed by atoms with van der Waals surface area (Å²) in [7, 11) is 0. The largest absolute Gasteiger partial charge is 0.455 e. The van der Waals surface area contributed by atoms with Crippen LogP contribution in [-0.4, -0.2) is 0 Å². The summed E-state index contributed by atoms with van der Waals surface area (Å²) in [6.07, 6.45) is 0. The molecule has 0 unspecified atom stereocenters. The zero-order valence-electron chi connectivity index (χ0n) is 33.9. The van der Waals surface area contributed by atoms with Gasteiger partial charge in [-0.25, -0.2) is 0 Å². The van der Waals surface area contributed by atoms with Gasteiger partial charge in [0.1, 0.15) is 11.2 Å². The van der Waals surface area contributed by atoms with Gasteiger partial charge in [-0.3, -0.25) is 0 Å². The number of furan rings is 1. The zero-order valence-corrected chi connectivity index (χ0v) is 33.9. The molecule has 0 aliphatic rings. The summed E-state index contributed by atoms with van der Waals surface area (Å²) < 4.78 is 6.96. The quantitative estimate of drug-likeness (QED) is 0.150. The second kappa shape index (κ2) is 14.8. The van der Waals surface area contributed by atoms with Crippen LogP contribution < -0.4 is 4.90 Å². The third-order valence-corrected chi connectivity index (χ3v) is 12.5. The van der Waals surface area contributed by atoms with Gasteiger partial charge in [-0.15, -0.1) is 0 Å². The van der Waals surface area contributed by atoms with Crippen LogP contribution in [0, 0.1) is 0 Å². The van der Waals surface area contributed by atoms with E-state index >= 15 is 0 Å². The van der Waals surface area contributed by atoms with Crippen LogP contribution in [0.3, 0.4) is 0 Å². The normalized spacial score (nSPS) is 11.5. The van der Waals surface area contributed by atoms with Crippen molar-refractivity contribution < 1.29 is 4.42 Å². The monoisotopic (exact) mass is 789 g/mol. The highest BCUT2D eigenvalue weighted by Crippen LogP contribution is 2.48. The molecule has 0 aliphatic carbocycles. The van der Waals surface area contributed by atoms with E-state index in [4.69, 9.17) is 4.42 Å². The summed E-state index contributed by atoms with van der Waals surface area (Å²) in [5, 5.41) is 9.54. The first-order valence-corrected chi connectivity index (χ1v) is 21.3. The maximum Gasteiger partial charge on any atom is 0.143 e. The van der Waals surface area contributed by atoms with E-state index in [9.17, 15) is 0 Å². The molecule has 0 spiro atoms. The Balaban J connectivity index is 1.08. The summed E-state index contributed by atoms with van der Waals surface area (Å²) >= 11 is 0. The van der Waals surface area contributed by atoms with E-state index in [1.165, 1.54) is 49.2 Å². The van der Waals surface area contributed by atoms with E-state index in [0.717, 1.165) is 66.6 Å². The van der Waals surface area contributed by atoms with E-state index in [2.05, 4.69) is 241 Å². The maximum absolute atomic E-state index is 6.96. The van der Waals surface area contributed by atoms with Gasteiger partial charge in [0.25, 0.3) is 0 Å². The molecule has 62 heavy (non-hydrogen) atoms. The van der Waals surface area contributed by atoms with Crippen molar-refractivity contribution in [2.24, 2.45) is 0 Å². The first-order chi connectivity index (χ1) is 30.8. The molecule has 0 amide bonds. The minimum absolute atomic E-state index is 0.882. The highest BCUT2D eigenvalue weighted by atomic mass is 16.3. The molecule has 2 heteroatoms. The summed E-state index contributed by atoms with van der Waals surface area (Å²) in [5.41, 5.74) is 14.1. The van der Waals surface area contributed by atoms with Crippen molar-refractivity contribution in [1.29, 1.82) is 0 Å². The SMILES string of the molecule is c1ccc(-c2ccc(N(c3ccc(-c4cccc5c4ccc4ccccc45)cc3)c3ccccc3-c3cccc4c3oc3c5ccccc5ccc43)c(-c3ccccc3)c2)cc1. The fourth-order valence-corrected chi connectivity index (χ4v) is 9.51. The van der Waals surface area contributed by atoms with Crippen molar-refractivity contribution >= 4 is 71.3 Å². The summed E-state index contributed by atoms with van der Waals surface area (Å²) in [6, 6.07) is 85.4. The number of anilines is 3. The zero-order chi connectivity index (χ0) is 41.0. The van der Waals surface area contributed by atoms with Crippen LogP contribution in [0.5, 0.6) is 0 Å². The van der Waals surface area contributed by atoms with Crippen molar-refractivity contribution in [2.75, 3.05) is 4.90 Å². The van der Waals surface area contributed by atoms with Crippen LogP contribution in [0.4, 0.5) is 17.1 Å². The second-order valence-corrected chi connectivity index (χ2v) is 16.0. The lowest BCUT2D eigenvalue weighted by atomic mass is 9.93. The van der Waals surface area contributed by atoms with Gasteiger partial charge in [0.15, 0.2) is 0 Å². The van der Waals surface area contributed by atoms with Crippen molar-refractivity contribution in [3.63, 3.8) is 0 Å². The van der Waals surface area contributed by atoms with Crippen LogP contribution in [-0.2, 0) is 0 Å². The van der Waals surface area contributed by atoms with Crippen LogP contribution in [0.25, 0.3) is 98.8 Å². The van der Waals surface area contributed by atoms with Gasteiger partial charge in [0.2, 0.25) is 0 Å². The molecule has 0 saturated heterocycles. The van der Waals surface area contributed by atoms with E-state index in [1.54, 1.807) is 0 Å². The second-order valence-electron chi connectivity index (χ2n) is 16.0. The van der Waals surface area contributed by atoms with Crippen molar-refractivity contribution in [3.05, 3.63) is 237 Å². The van der Waals surface area contributed by atoms with Gasteiger partial charge in [0.05, 0.1) is 11.4 Å². The van der Waals surface area contributed by atoms with Crippen LogP contribution >= 0.6 is 0 Å². The fourth-order valence-electron chi connectivity index (χ4n) is 9.51. The Morgan fingerprint density at radius 3 is 1.58 bits per heavy atom. The number of nitrogens with zero attached hydrogens (tertiary/aromatic N) is 1. The van der Waals surface area contributed by atoms with Gasteiger partial charge in [0, 0.05) is 38.5 Å². The third kappa shape index (κ3) is 5.96. The molecule has 12 aromatic rings. The van der Waals surface area contributed by atoms with Crippen LogP contribution in [0.2, 0.25) is 0 Å². The molecule has 0 saturated carbocycles. The topological polar surface area (TPSA) is 16.4 Å². The van der Waals surface area contributed by atoms with Gasteiger partial charge >= 0.3 is 0 Å². The molecule has 1 heterocycles. The summed E-state index contributed by atoms with van der Waals surface area (Å²) in [5.74, 6) is 0. The van der Waals surface area contributed by atoms with E-state index in [-0.39, 0.29) is 0 Å². The summed E-state index contributed by atoms with van der Waals surface area (Å²) in [6.45, 7) is 0. The molecular formula is C60H39NO. The highest BCUT2D eigenvalue weighted by Gasteiger charge is 2.24. The Morgan fingerprint density at radius 2 is 0.790 bits per heavy atom. The minimum atomic E-state index is 0.882. The van der Waals surface area contributed by atoms with Crippen molar-refractivity contribution in [1.82, 2.24) is 0 Å². The van der Waals surface area contributed by atoms with Gasteiger partial charge < -0.3 is 9.32 Å². The minimum Gasteiger partial charge on any atom is -0.455 e. The van der Waals surface area contributed by atoms with E-state index in [0.29, 0.717) is 0 Å². The molecule has 2 nitrogen and oxygen atoms in total. The number of fused-ring (bicyclic) bond motifs is 8. The molecule has 12 rings (SSSR count). The number of rotatable bonds is 7. The maximum atomic E-state index is 6.96. The molecule has 0 bridgehead atoms. The Labute approximate surface area is 360 Å². The molecule has 11 aromatic carbocycles. The van der Waals surface area contributed by atoms with Gasteiger partial charge in [-0.1, -0.05) is 200 Å².